The second-order valence-corrected chi connectivity index (χ2v) is 10.5. The maximum atomic E-state index is 12.9. The summed E-state index contributed by atoms with van der Waals surface area (Å²) < 4.78 is 33.9. The Kier molecular flexibility index (Phi) is 6.59. The lowest BCUT2D eigenvalue weighted by atomic mass is 10.1. The highest BCUT2D eigenvalue weighted by Crippen LogP contribution is 2.28. The molecular formula is C23H25N3O4S2. The molecule has 1 fully saturated rings. The van der Waals surface area contributed by atoms with Crippen molar-refractivity contribution in [2.75, 3.05) is 12.4 Å². The molecule has 1 saturated carbocycles. The monoisotopic (exact) mass is 471 g/mol. The molecule has 0 atom stereocenters. The maximum Gasteiger partial charge on any atom is 0.255 e. The number of carbonyl (C=O) groups is 1. The second kappa shape index (κ2) is 9.40. The molecule has 3 aromatic rings. The first-order chi connectivity index (χ1) is 15.4. The SMILES string of the molecule is COc1ccc(C(=O)Nc2ccc(-c3csc(C)n3)cc2)cc1S(=O)(=O)NC1CCCC1. The molecule has 0 aliphatic heterocycles. The standard InChI is InChI=1S/C23H25N3O4S2/c1-15-24-20(14-31-15)16-7-10-18(11-8-16)25-23(27)17-9-12-21(30-2)22(13-17)32(28,29)26-19-5-3-4-6-19/h7-14,19,26H,3-6H2,1-2H3,(H,25,27). The average molecular weight is 472 g/mol. The normalized spacial score (nSPS) is 14.4. The number of benzene rings is 2. The number of anilines is 1. The number of aromatic nitrogens is 1. The van der Waals surface area contributed by atoms with E-state index in [4.69, 9.17) is 4.74 Å². The summed E-state index contributed by atoms with van der Waals surface area (Å²) in [6.07, 6.45) is 3.65. The minimum Gasteiger partial charge on any atom is -0.495 e. The number of thiazole rings is 1. The summed E-state index contributed by atoms with van der Waals surface area (Å²) in [6, 6.07) is 11.7. The van der Waals surface area contributed by atoms with Crippen LogP contribution in [0.4, 0.5) is 5.69 Å². The van der Waals surface area contributed by atoms with Gasteiger partial charge in [0.1, 0.15) is 10.6 Å². The molecule has 32 heavy (non-hydrogen) atoms. The zero-order valence-electron chi connectivity index (χ0n) is 17.9. The van der Waals surface area contributed by atoms with Crippen molar-refractivity contribution in [3.63, 3.8) is 0 Å². The highest BCUT2D eigenvalue weighted by Gasteiger charge is 2.26. The van der Waals surface area contributed by atoms with E-state index >= 15 is 0 Å². The third kappa shape index (κ3) is 5.01. The van der Waals surface area contributed by atoms with E-state index < -0.39 is 15.9 Å². The first-order valence-corrected chi connectivity index (χ1v) is 12.8. The minimum atomic E-state index is -3.81. The van der Waals surface area contributed by atoms with Gasteiger partial charge in [0, 0.05) is 28.2 Å². The summed E-state index contributed by atoms with van der Waals surface area (Å²) in [6.45, 7) is 1.95. The number of hydrogen-bond acceptors (Lipinski definition) is 6. The van der Waals surface area contributed by atoms with Crippen LogP contribution in [0.3, 0.4) is 0 Å². The summed E-state index contributed by atoms with van der Waals surface area (Å²) in [5.41, 5.74) is 2.69. The van der Waals surface area contributed by atoms with Gasteiger partial charge in [0.15, 0.2) is 0 Å². The molecule has 1 aliphatic carbocycles. The molecular weight excluding hydrogens is 446 g/mol. The molecule has 0 saturated heterocycles. The summed E-state index contributed by atoms with van der Waals surface area (Å²) in [7, 11) is -2.40. The predicted molar refractivity (Wildman–Crippen MR) is 126 cm³/mol. The van der Waals surface area contributed by atoms with Gasteiger partial charge in [0.2, 0.25) is 10.0 Å². The quantitative estimate of drug-likeness (QED) is 0.525. The van der Waals surface area contributed by atoms with Gasteiger partial charge in [-0.25, -0.2) is 18.1 Å². The van der Waals surface area contributed by atoms with Crippen molar-refractivity contribution in [1.82, 2.24) is 9.71 Å². The topological polar surface area (TPSA) is 97.4 Å². The van der Waals surface area contributed by atoms with E-state index in [2.05, 4.69) is 15.0 Å². The summed E-state index contributed by atoms with van der Waals surface area (Å²) in [5, 5.41) is 5.80. The lowest BCUT2D eigenvalue weighted by molar-refractivity contribution is 0.102. The number of ether oxygens (including phenoxy) is 1. The van der Waals surface area contributed by atoms with Crippen LogP contribution in [-0.4, -0.2) is 32.5 Å². The summed E-state index contributed by atoms with van der Waals surface area (Å²) in [5.74, 6) is -0.197. The Hall–Kier alpha value is -2.75. The van der Waals surface area contributed by atoms with Crippen LogP contribution in [-0.2, 0) is 10.0 Å². The predicted octanol–water partition coefficient (Wildman–Crippen LogP) is 4.60. The van der Waals surface area contributed by atoms with Crippen LogP contribution in [0, 0.1) is 6.92 Å². The zero-order chi connectivity index (χ0) is 22.7. The van der Waals surface area contributed by atoms with E-state index in [9.17, 15) is 13.2 Å². The van der Waals surface area contributed by atoms with Crippen molar-refractivity contribution in [3.8, 4) is 17.0 Å². The fraction of sp³-hybridized carbons (Fsp3) is 0.304. The molecule has 7 nitrogen and oxygen atoms in total. The van der Waals surface area contributed by atoms with Crippen molar-refractivity contribution in [2.24, 2.45) is 0 Å². The molecule has 1 amide bonds. The van der Waals surface area contributed by atoms with Crippen molar-refractivity contribution >= 4 is 33.0 Å². The second-order valence-electron chi connectivity index (χ2n) is 7.75. The van der Waals surface area contributed by atoms with E-state index in [-0.39, 0.29) is 22.3 Å². The number of rotatable bonds is 7. The summed E-state index contributed by atoms with van der Waals surface area (Å²) >= 11 is 1.58. The number of amides is 1. The van der Waals surface area contributed by atoms with Gasteiger partial charge in [0.25, 0.3) is 5.91 Å². The Bertz CT molecular complexity index is 1210. The van der Waals surface area contributed by atoms with Gasteiger partial charge in [0.05, 0.1) is 17.8 Å². The average Bonchev–Trinajstić information content (AvgIpc) is 3.45. The zero-order valence-corrected chi connectivity index (χ0v) is 19.6. The van der Waals surface area contributed by atoms with Crippen LogP contribution in [0.5, 0.6) is 5.75 Å². The number of sulfonamides is 1. The van der Waals surface area contributed by atoms with Gasteiger partial charge in [-0.05, 0) is 50.1 Å². The molecule has 2 N–H and O–H groups in total. The van der Waals surface area contributed by atoms with Crippen molar-refractivity contribution in [1.29, 1.82) is 0 Å². The number of aryl methyl sites for hydroxylation is 1. The van der Waals surface area contributed by atoms with Gasteiger partial charge in [-0.15, -0.1) is 11.3 Å². The fourth-order valence-corrected chi connectivity index (χ4v) is 5.90. The maximum absolute atomic E-state index is 12.9. The van der Waals surface area contributed by atoms with Gasteiger partial charge in [-0.3, -0.25) is 4.79 Å². The molecule has 0 radical (unpaired) electrons. The third-order valence-corrected chi connectivity index (χ3v) is 7.77. The van der Waals surface area contributed by atoms with Gasteiger partial charge in [-0.2, -0.15) is 0 Å². The van der Waals surface area contributed by atoms with Crippen LogP contribution in [0.15, 0.2) is 52.7 Å². The first kappa shape index (κ1) is 22.4. The lowest BCUT2D eigenvalue weighted by Gasteiger charge is -2.16. The highest BCUT2D eigenvalue weighted by atomic mass is 32.2. The molecule has 9 heteroatoms. The van der Waals surface area contributed by atoms with E-state index in [1.807, 2.05) is 24.4 Å². The first-order valence-electron chi connectivity index (χ1n) is 10.4. The van der Waals surface area contributed by atoms with E-state index in [0.29, 0.717) is 5.69 Å². The smallest absolute Gasteiger partial charge is 0.255 e. The van der Waals surface area contributed by atoms with Crippen LogP contribution in [0.2, 0.25) is 0 Å². The molecule has 0 bridgehead atoms. The van der Waals surface area contributed by atoms with E-state index in [0.717, 1.165) is 41.9 Å². The molecule has 1 heterocycles. The number of hydrogen-bond donors (Lipinski definition) is 2. The van der Waals surface area contributed by atoms with Gasteiger partial charge in [-0.1, -0.05) is 25.0 Å². The Morgan fingerprint density at radius 3 is 2.47 bits per heavy atom. The Morgan fingerprint density at radius 1 is 1.12 bits per heavy atom. The lowest BCUT2D eigenvalue weighted by Crippen LogP contribution is -2.33. The van der Waals surface area contributed by atoms with Crippen LogP contribution in [0.1, 0.15) is 41.0 Å². The molecule has 2 aromatic carbocycles. The van der Waals surface area contributed by atoms with E-state index in [1.54, 1.807) is 29.5 Å². The Morgan fingerprint density at radius 2 is 1.84 bits per heavy atom. The molecule has 4 rings (SSSR count). The van der Waals surface area contributed by atoms with Crippen molar-refractivity contribution < 1.29 is 17.9 Å². The minimum absolute atomic E-state index is 0.0335. The number of nitrogens with one attached hydrogen (secondary N) is 2. The third-order valence-electron chi connectivity index (χ3n) is 5.45. The summed E-state index contributed by atoms with van der Waals surface area (Å²) in [4.78, 5) is 17.2. The highest BCUT2D eigenvalue weighted by molar-refractivity contribution is 7.89. The fourth-order valence-electron chi connectivity index (χ4n) is 3.78. The van der Waals surface area contributed by atoms with Gasteiger partial charge >= 0.3 is 0 Å². The van der Waals surface area contributed by atoms with E-state index in [1.165, 1.54) is 19.2 Å². The van der Waals surface area contributed by atoms with Crippen LogP contribution >= 0.6 is 11.3 Å². The van der Waals surface area contributed by atoms with Crippen molar-refractivity contribution in [3.05, 3.63) is 58.4 Å². The number of methoxy groups -OCH3 is 1. The Labute approximate surface area is 191 Å². The molecule has 168 valence electrons. The molecule has 0 spiro atoms. The van der Waals surface area contributed by atoms with Crippen molar-refractivity contribution in [2.45, 2.75) is 43.5 Å². The Balaban J connectivity index is 1.53. The molecule has 0 unspecified atom stereocenters. The largest absolute Gasteiger partial charge is 0.495 e. The number of nitrogens with zero attached hydrogens (tertiary/aromatic N) is 1. The molecule has 1 aliphatic rings. The van der Waals surface area contributed by atoms with Crippen LogP contribution in [0.25, 0.3) is 11.3 Å². The number of carbonyl (C=O) groups excluding carboxylic acids is 1. The van der Waals surface area contributed by atoms with Gasteiger partial charge < -0.3 is 10.1 Å². The molecule has 1 aromatic heterocycles. The van der Waals surface area contributed by atoms with Crippen LogP contribution < -0.4 is 14.8 Å².